The van der Waals surface area contributed by atoms with Crippen LogP contribution >= 0.6 is 0 Å². The Morgan fingerprint density at radius 2 is 1.61 bits per heavy atom. The van der Waals surface area contributed by atoms with Gasteiger partial charge in [0.2, 0.25) is 0 Å². The van der Waals surface area contributed by atoms with Crippen molar-refractivity contribution >= 4 is 17.4 Å². The van der Waals surface area contributed by atoms with E-state index in [-0.39, 0.29) is 16.0 Å². The van der Waals surface area contributed by atoms with Gasteiger partial charge in [-0.25, -0.2) is 4.39 Å². The number of ketones is 1. The molecule has 0 bridgehead atoms. The van der Waals surface area contributed by atoms with E-state index >= 15 is 0 Å². The SMILES string of the molecule is CN(C(=O)C(F)(F)F)c1c(F)ccc2c1C(=O)c1ccccc1-2. The van der Waals surface area contributed by atoms with Crippen LogP contribution in [0.1, 0.15) is 15.9 Å². The summed E-state index contributed by atoms with van der Waals surface area (Å²) in [6.45, 7) is 0. The lowest BCUT2D eigenvalue weighted by Gasteiger charge is -2.21. The molecule has 0 N–H and O–H groups in total. The predicted octanol–water partition coefficient (Wildman–Crippen LogP) is 3.56. The van der Waals surface area contributed by atoms with Crippen LogP contribution in [0, 0.1) is 5.82 Å². The second-order valence-electron chi connectivity index (χ2n) is 5.06. The highest BCUT2D eigenvalue weighted by atomic mass is 19.4. The average molecular weight is 323 g/mol. The van der Waals surface area contributed by atoms with E-state index in [9.17, 15) is 27.2 Å². The molecule has 0 atom stereocenters. The summed E-state index contributed by atoms with van der Waals surface area (Å²) in [6, 6.07) is 8.66. The fraction of sp³-hybridized carbons (Fsp3) is 0.125. The molecule has 0 radical (unpaired) electrons. The van der Waals surface area contributed by atoms with Crippen molar-refractivity contribution in [3.8, 4) is 11.1 Å². The van der Waals surface area contributed by atoms with Crippen molar-refractivity contribution in [3.05, 3.63) is 53.3 Å². The zero-order valence-corrected chi connectivity index (χ0v) is 11.7. The molecule has 23 heavy (non-hydrogen) atoms. The highest BCUT2D eigenvalue weighted by Gasteiger charge is 2.44. The maximum Gasteiger partial charge on any atom is 0.471 e. The summed E-state index contributed by atoms with van der Waals surface area (Å²) in [7, 11) is 0.796. The van der Waals surface area contributed by atoms with Crippen LogP contribution in [0.25, 0.3) is 11.1 Å². The molecule has 2 aromatic rings. The summed E-state index contributed by atoms with van der Waals surface area (Å²) in [5.41, 5.74) is 0.185. The lowest BCUT2D eigenvalue weighted by Crippen LogP contribution is -2.39. The number of carbonyl (C=O) groups is 2. The molecule has 0 unspecified atom stereocenters. The number of alkyl halides is 3. The third kappa shape index (κ3) is 2.19. The smallest absolute Gasteiger partial charge is 0.304 e. The fourth-order valence-electron chi connectivity index (χ4n) is 2.69. The van der Waals surface area contributed by atoms with Gasteiger partial charge in [0.15, 0.2) is 5.78 Å². The molecule has 2 aromatic carbocycles. The van der Waals surface area contributed by atoms with Gasteiger partial charge in [0.25, 0.3) is 0 Å². The number of fused-ring (bicyclic) bond motifs is 3. The van der Waals surface area contributed by atoms with E-state index in [1.165, 1.54) is 12.1 Å². The summed E-state index contributed by atoms with van der Waals surface area (Å²) in [5, 5.41) is 0. The molecule has 0 spiro atoms. The van der Waals surface area contributed by atoms with Crippen LogP contribution < -0.4 is 4.90 Å². The first-order valence-corrected chi connectivity index (χ1v) is 6.55. The fourth-order valence-corrected chi connectivity index (χ4v) is 2.69. The first-order chi connectivity index (χ1) is 10.7. The number of benzene rings is 2. The molecule has 7 heteroatoms. The number of halogens is 4. The third-order valence-corrected chi connectivity index (χ3v) is 3.70. The molecule has 3 rings (SSSR count). The molecule has 0 heterocycles. The lowest BCUT2D eigenvalue weighted by molar-refractivity contribution is -0.170. The Balaban J connectivity index is 2.23. The standard InChI is InChI=1S/C16H9F4NO2/c1-21(15(23)16(18,19)20)13-11(17)7-6-9-8-4-2-3-5-10(8)14(22)12(9)13/h2-7H,1H3. The highest BCUT2D eigenvalue weighted by molar-refractivity contribution is 6.25. The van der Waals surface area contributed by atoms with Gasteiger partial charge < -0.3 is 4.90 Å². The van der Waals surface area contributed by atoms with Gasteiger partial charge in [-0.3, -0.25) is 9.59 Å². The quantitative estimate of drug-likeness (QED) is 0.642. The van der Waals surface area contributed by atoms with Gasteiger partial charge in [0.05, 0.1) is 11.3 Å². The summed E-state index contributed by atoms with van der Waals surface area (Å²) in [4.78, 5) is 24.0. The number of carbonyl (C=O) groups excluding carboxylic acids is 2. The topological polar surface area (TPSA) is 37.4 Å². The molecule has 0 aromatic heterocycles. The minimum Gasteiger partial charge on any atom is -0.304 e. The average Bonchev–Trinajstić information content (AvgIpc) is 2.79. The van der Waals surface area contributed by atoms with Crippen LogP contribution in [0.2, 0.25) is 0 Å². The lowest BCUT2D eigenvalue weighted by atomic mass is 10.0. The van der Waals surface area contributed by atoms with Crippen LogP contribution in [0.15, 0.2) is 36.4 Å². The van der Waals surface area contributed by atoms with Gasteiger partial charge in [-0.15, -0.1) is 0 Å². The van der Waals surface area contributed by atoms with Gasteiger partial charge in [-0.2, -0.15) is 13.2 Å². The summed E-state index contributed by atoms with van der Waals surface area (Å²) < 4.78 is 52.0. The van der Waals surface area contributed by atoms with Gasteiger partial charge in [-0.05, 0) is 17.2 Å². The third-order valence-electron chi connectivity index (χ3n) is 3.70. The Kier molecular flexibility index (Phi) is 3.24. The molecule has 0 aliphatic heterocycles. The maximum absolute atomic E-state index is 14.1. The minimum absolute atomic E-state index is 0.137. The minimum atomic E-state index is -5.17. The van der Waals surface area contributed by atoms with Crippen molar-refractivity contribution in [3.63, 3.8) is 0 Å². The van der Waals surface area contributed by atoms with Gasteiger partial charge in [0.1, 0.15) is 5.82 Å². The van der Waals surface area contributed by atoms with E-state index < -0.39 is 29.4 Å². The second kappa shape index (κ2) is 4.91. The van der Waals surface area contributed by atoms with E-state index in [1.54, 1.807) is 18.2 Å². The van der Waals surface area contributed by atoms with Gasteiger partial charge in [-0.1, -0.05) is 30.3 Å². The van der Waals surface area contributed by atoms with Crippen molar-refractivity contribution in [2.75, 3.05) is 11.9 Å². The monoisotopic (exact) mass is 323 g/mol. The molecular formula is C16H9F4NO2. The van der Waals surface area contributed by atoms with E-state index in [1.807, 2.05) is 0 Å². The number of nitrogens with zero attached hydrogens (tertiary/aromatic N) is 1. The Morgan fingerprint density at radius 1 is 1.00 bits per heavy atom. The second-order valence-corrected chi connectivity index (χ2v) is 5.06. The summed E-state index contributed by atoms with van der Waals surface area (Å²) in [5.74, 6) is -3.91. The van der Waals surface area contributed by atoms with Crippen LogP contribution in [0.3, 0.4) is 0 Å². The zero-order valence-electron chi connectivity index (χ0n) is 11.7. The van der Waals surface area contributed by atoms with E-state index in [0.717, 1.165) is 13.1 Å². The first kappa shape index (κ1) is 15.2. The normalized spacial score (nSPS) is 12.8. The summed E-state index contributed by atoms with van der Waals surface area (Å²) in [6.07, 6.45) is -5.17. The van der Waals surface area contributed by atoms with Crippen LogP contribution in [-0.4, -0.2) is 24.9 Å². The molecule has 0 saturated carbocycles. The van der Waals surface area contributed by atoms with E-state index in [4.69, 9.17) is 0 Å². The molecule has 0 saturated heterocycles. The molecule has 3 nitrogen and oxygen atoms in total. The van der Waals surface area contributed by atoms with Crippen molar-refractivity contribution in [2.24, 2.45) is 0 Å². The van der Waals surface area contributed by atoms with Crippen LogP contribution in [0.4, 0.5) is 23.2 Å². The molecule has 1 amide bonds. The number of rotatable bonds is 1. The van der Waals surface area contributed by atoms with Gasteiger partial charge >= 0.3 is 12.1 Å². The van der Waals surface area contributed by atoms with Crippen molar-refractivity contribution in [2.45, 2.75) is 6.18 Å². The van der Waals surface area contributed by atoms with E-state index in [0.29, 0.717) is 11.1 Å². The Bertz CT molecular complexity index is 842. The predicted molar refractivity (Wildman–Crippen MR) is 74.7 cm³/mol. The number of anilines is 1. The zero-order chi connectivity index (χ0) is 16.9. The Hall–Kier alpha value is -2.70. The van der Waals surface area contributed by atoms with Crippen molar-refractivity contribution in [1.29, 1.82) is 0 Å². The van der Waals surface area contributed by atoms with Crippen LogP contribution in [0.5, 0.6) is 0 Å². The first-order valence-electron chi connectivity index (χ1n) is 6.55. The largest absolute Gasteiger partial charge is 0.471 e. The van der Waals surface area contributed by atoms with Crippen molar-refractivity contribution < 1.29 is 27.2 Å². The number of hydrogen-bond acceptors (Lipinski definition) is 2. The van der Waals surface area contributed by atoms with E-state index in [2.05, 4.69) is 0 Å². The maximum atomic E-state index is 14.1. The van der Waals surface area contributed by atoms with Crippen molar-refractivity contribution in [1.82, 2.24) is 0 Å². The molecule has 0 fully saturated rings. The highest BCUT2D eigenvalue weighted by Crippen LogP contribution is 2.42. The molecule has 1 aliphatic carbocycles. The number of amides is 1. The molecule has 1 aliphatic rings. The number of hydrogen-bond donors (Lipinski definition) is 0. The van der Waals surface area contributed by atoms with Crippen LogP contribution in [-0.2, 0) is 4.79 Å². The molecular weight excluding hydrogens is 314 g/mol. The Labute approximate surface area is 128 Å². The summed E-state index contributed by atoms with van der Waals surface area (Å²) >= 11 is 0. The Morgan fingerprint density at radius 3 is 2.22 bits per heavy atom. The molecule has 118 valence electrons. The van der Waals surface area contributed by atoms with Gasteiger partial charge in [0, 0.05) is 12.6 Å².